The van der Waals surface area contributed by atoms with Gasteiger partial charge in [0.1, 0.15) is 5.69 Å². The summed E-state index contributed by atoms with van der Waals surface area (Å²) in [6.07, 6.45) is 3.65. The van der Waals surface area contributed by atoms with E-state index in [1.165, 1.54) is 22.4 Å². The molecule has 1 aromatic heterocycles. The van der Waals surface area contributed by atoms with E-state index in [2.05, 4.69) is 31.1 Å². The minimum Gasteiger partial charge on any atom is -0.334 e. The molecule has 1 heterocycles. The molecule has 0 bridgehead atoms. The first-order valence-corrected chi connectivity index (χ1v) is 8.96. The van der Waals surface area contributed by atoms with Gasteiger partial charge in [-0.2, -0.15) is 5.10 Å². The van der Waals surface area contributed by atoms with Gasteiger partial charge in [0.05, 0.1) is 0 Å². The van der Waals surface area contributed by atoms with Gasteiger partial charge in [0, 0.05) is 25.7 Å². The minimum atomic E-state index is -0.215. The molecule has 1 atom stereocenters. The van der Waals surface area contributed by atoms with E-state index in [0.717, 1.165) is 25.7 Å². The molecule has 0 saturated carbocycles. The number of aryl methyl sites for hydroxylation is 1. The normalized spacial score (nSPS) is 12.0. The van der Waals surface area contributed by atoms with Gasteiger partial charge in [-0.1, -0.05) is 50.6 Å². The molecule has 5 nitrogen and oxygen atoms in total. The Kier molecular flexibility index (Phi) is 6.92. The highest BCUT2D eigenvalue weighted by molar-refractivity contribution is 5.92. The maximum Gasteiger partial charge on any atom is 0.274 e. The second kappa shape index (κ2) is 9.16. The molecule has 0 N–H and O–H groups in total. The molecule has 0 saturated heterocycles. The van der Waals surface area contributed by atoms with Gasteiger partial charge in [-0.3, -0.25) is 9.59 Å². The zero-order valence-corrected chi connectivity index (χ0v) is 15.3. The lowest BCUT2D eigenvalue weighted by Gasteiger charge is -2.31. The summed E-state index contributed by atoms with van der Waals surface area (Å²) in [6.45, 7) is 4.89. The smallest absolute Gasteiger partial charge is 0.274 e. The van der Waals surface area contributed by atoms with Crippen molar-refractivity contribution in [3.63, 3.8) is 0 Å². The van der Waals surface area contributed by atoms with E-state index in [1.807, 2.05) is 23.1 Å². The molecule has 0 radical (unpaired) electrons. The summed E-state index contributed by atoms with van der Waals surface area (Å²) in [6, 6.07) is 13.3. The highest BCUT2D eigenvalue weighted by Gasteiger charge is 2.25. The van der Waals surface area contributed by atoms with Crippen LogP contribution in [0.1, 0.15) is 49.2 Å². The van der Waals surface area contributed by atoms with Crippen LogP contribution in [0.4, 0.5) is 0 Å². The summed E-state index contributed by atoms with van der Waals surface area (Å²) >= 11 is 0. The van der Waals surface area contributed by atoms with Gasteiger partial charge in [0.15, 0.2) is 0 Å². The molecule has 2 aromatic rings. The van der Waals surface area contributed by atoms with Crippen molar-refractivity contribution in [1.29, 1.82) is 0 Å². The largest absolute Gasteiger partial charge is 0.334 e. The molecular weight excluding hydrogens is 314 g/mol. The van der Waals surface area contributed by atoms with Gasteiger partial charge in [-0.05, 0) is 30.9 Å². The SMILES string of the molecule is CCC[C@@H](Cc1ccccc1)N(CCC)C(=O)c1ccc(=O)n(C)n1. The van der Waals surface area contributed by atoms with E-state index in [9.17, 15) is 9.59 Å². The number of hydrogen-bond donors (Lipinski definition) is 0. The van der Waals surface area contributed by atoms with Gasteiger partial charge in [-0.25, -0.2) is 4.68 Å². The van der Waals surface area contributed by atoms with Crippen LogP contribution in [-0.4, -0.2) is 33.2 Å². The molecule has 25 heavy (non-hydrogen) atoms. The fourth-order valence-electron chi connectivity index (χ4n) is 3.04. The van der Waals surface area contributed by atoms with Gasteiger partial charge in [-0.15, -0.1) is 0 Å². The van der Waals surface area contributed by atoms with E-state index in [0.29, 0.717) is 12.2 Å². The zero-order valence-electron chi connectivity index (χ0n) is 15.3. The lowest BCUT2D eigenvalue weighted by atomic mass is 10.00. The van der Waals surface area contributed by atoms with Crippen molar-refractivity contribution in [1.82, 2.24) is 14.7 Å². The number of benzene rings is 1. The Bertz CT molecular complexity index is 740. The minimum absolute atomic E-state index is 0.105. The molecule has 0 aliphatic heterocycles. The third kappa shape index (κ3) is 5.02. The van der Waals surface area contributed by atoms with Crippen molar-refractivity contribution < 1.29 is 4.79 Å². The Labute approximate surface area is 149 Å². The third-order valence-electron chi connectivity index (χ3n) is 4.28. The second-order valence-corrected chi connectivity index (χ2v) is 6.31. The summed E-state index contributed by atoms with van der Waals surface area (Å²) in [4.78, 5) is 26.5. The highest BCUT2D eigenvalue weighted by Crippen LogP contribution is 2.17. The summed E-state index contributed by atoms with van der Waals surface area (Å²) in [5.41, 5.74) is 1.33. The molecule has 0 aliphatic carbocycles. The lowest BCUT2D eigenvalue weighted by molar-refractivity contribution is 0.0657. The first-order valence-electron chi connectivity index (χ1n) is 8.96. The van der Waals surface area contributed by atoms with Crippen molar-refractivity contribution in [2.45, 2.75) is 45.6 Å². The van der Waals surface area contributed by atoms with E-state index in [4.69, 9.17) is 0 Å². The Morgan fingerprint density at radius 2 is 1.84 bits per heavy atom. The molecule has 0 spiro atoms. The number of carbonyl (C=O) groups excluding carboxylic acids is 1. The van der Waals surface area contributed by atoms with Crippen molar-refractivity contribution in [2.75, 3.05) is 6.54 Å². The Morgan fingerprint density at radius 1 is 1.12 bits per heavy atom. The lowest BCUT2D eigenvalue weighted by Crippen LogP contribution is -2.43. The zero-order chi connectivity index (χ0) is 18.2. The third-order valence-corrected chi connectivity index (χ3v) is 4.28. The standard InChI is InChI=1S/C20H27N3O2/c1-4-9-17(15-16-10-7-6-8-11-16)23(14-5-2)20(25)18-12-13-19(24)22(3)21-18/h6-8,10-13,17H,4-5,9,14-15H2,1-3H3/t17-/m0/s1. The van der Waals surface area contributed by atoms with E-state index in [1.54, 1.807) is 7.05 Å². The Morgan fingerprint density at radius 3 is 2.44 bits per heavy atom. The van der Waals surface area contributed by atoms with Crippen LogP contribution in [0.25, 0.3) is 0 Å². The van der Waals surface area contributed by atoms with Gasteiger partial charge < -0.3 is 4.90 Å². The molecule has 0 unspecified atom stereocenters. The van der Waals surface area contributed by atoms with E-state index in [-0.39, 0.29) is 17.5 Å². The number of aromatic nitrogens is 2. The van der Waals surface area contributed by atoms with Gasteiger partial charge in [0.25, 0.3) is 11.5 Å². The fraction of sp³-hybridized carbons (Fsp3) is 0.450. The topological polar surface area (TPSA) is 55.2 Å². The summed E-state index contributed by atoms with van der Waals surface area (Å²) < 4.78 is 1.21. The number of carbonyl (C=O) groups is 1. The average Bonchev–Trinajstić information content (AvgIpc) is 2.62. The number of nitrogens with zero attached hydrogens (tertiary/aromatic N) is 3. The maximum absolute atomic E-state index is 13.1. The maximum atomic E-state index is 13.1. The quantitative estimate of drug-likeness (QED) is 0.741. The second-order valence-electron chi connectivity index (χ2n) is 6.31. The van der Waals surface area contributed by atoms with Crippen LogP contribution in [-0.2, 0) is 13.5 Å². The van der Waals surface area contributed by atoms with Crippen LogP contribution in [0.5, 0.6) is 0 Å². The summed E-state index contributed by atoms with van der Waals surface area (Å²) in [7, 11) is 1.57. The van der Waals surface area contributed by atoms with Gasteiger partial charge >= 0.3 is 0 Å². The Hall–Kier alpha value is -2.43. The molecule has 2 rings (SSSR count). The van der Waals surface area contributed by atoms with Crippen LogP contribution in [0.2, 0.25) is 0 Å². The van der Waals surface area contributed by atoms with Crippen molar-refractivity contribution >= 4 is 5.91 Å². The molecule has 134 valence electrons. The number of amides is 1. The molecule has 0 aliphatic rings. The van der Waals surface area contributed by atoms with Crippen molar-refractivity contribution in [3.05, 3.63) is 64.1 Å². The van der Waals surface area contributed by atoms with Crippen LogP contribution in [0.3, 0.4) is 0 Å². The van der Waals surface area contributed by atoms with Gasteiger partial charge in [0.2, 0.25) is 0 Å². The molecule has 0 fully saturated rings. The number of hydrogen-bond acceptors (Lipinski definition) is 3. The van der Waals surface area contributed by atoms with Crippen LogP contribution >= 0.6 is 0 Å². The average molecular weight is 341 g/mol. The molecular formula is C20H27N3O2. The summed E-state index contributed by atoms with van der Waals surface area (Å²) in [5.74, 6) is -0.105. The molecule has 1 aromatic carbocycles. The van der Waals surface area contributed by atoms with E-state index < -0.39 is 0 Å². The fourth-order valence-corrected chi connectivity index (χ4v) is 3.04. The number of rotatable bonds is 8. The van der Waals surface area contributed by atoms with Crippen LogP contribution in [0.15, 0.2) is 47.3 Å². The molecule has 1 amide bonds. The first kappa shape index (κ1) is 18.9. The first-order chi connectivity index (χ1) is 12.1. The van der Waals surface area contributed by atoms with E-state index >= 15 is 0 Å². The highest BCUT2D eigenvalue weighted by atomic mass is 16.2. The van der Waals surface area contributed by atoms with Crippen molar-refractivity contribution in [3.8, 4) is 0 Å². The monoisotopic (exact) mass is 341 g/mol. The Balaban J connectivity index is 2.29. The van der Waals surface area contributed by atoms with Crippen LogP contribution in [0, 0.1) is 0 Å². The predicted molar refractivity (Wildman–Crippen MR) is 99.6 cm³/mol. The summed E-state index contributed by atoms with van der Waals surface area (Å²) in [5, 5.41) is 4.14. The van der Waals surface area contributed by atoms with Crippen molar-refractivity contribution in [2.24, 2.45) is 7.05 Å². The van der Waals surface area contributed by atoms with Crippen LogP contribution < -0.4 is 5.56 Å². The molecule has 5 heteroatoms. The predicted octanol–water partition coefficient (Wildman–Crippen LogP) is 3.04.